The Morgan fingerprint density at radius 3 is 1.52 bits per heavy atom. The molecular weight excluding hydrogens is 605 g/mol. The number of nitrogens with zero attached hydrogens (tertiary/aromatic N) is 2. The van der Waals surface area contributed by atoms with E-state index >= 15 is 0 Å². The van der Waals surface area contributed by atoms with Crippen molar-refractivity contribution in [3.8, 4) is 56.6 Å². The molecule has 0 amide bonds. The Bertz CT molecular complexity index is 2730. The SMILES string of the molecule is N#Cc1ccc2c(c1)sc1cc(-c3ccc4oc5ccc(-c6cc(-c7ccccc7)c(C#N)c(-c7ccccc7)c6)cc5c4c3)ccc12. The van der Waals surface area contributed by atoms with Crippen LogP contribution < -0.4 is 0 Å². The molecule has 0 unspecified atom stereocenters. The number of benzene rings is 7. The Kier molecular flexibility index (Phi) is 6.44. The van der Waals surface area contributed by atoms with Gasteiger partial charge in [0.1, 0.15) is 17.2 Å². The maximum absolute atomic E-state index is 10.4. The Balaban J connectivity index is 1.19. The van der Waals surface area contributed by atoms with Crippen molar-refractivity contribution in [1.82, 2.24) is 0 Å². The van der Waals surface area contributed by atoms with Crippen LogP contribution in [0.3, 0.4) is 0 Å². The van der Waals surface area contributed by atoms with Gasteiger partial charge in [0.05, 0.1) is 17.2 Å². The average Bonchev–Trinajstić information content (AvgIpc) is 3.71. The first-order chi connectivity index (χ1) is 23.7. The third-order valence-electron chi connectivity index (χ3n) is 9.16. The van der Waals surface area contributed by atoms with Crippen LogP contribution in [-0.2, 0) is 0 Å². The molecule has 2 aromatic heterocycles. The van der Waals surface area contributed by atoms with Gasteiger partial charge in [-0.05, 0) is 88.0 Å². The molecule has 0 bridgehead atoms. The zero-order chi connectivity index (χ0) is 32.2. The maximum atomic E-state index is 10.4. The largest absolute Gasteiger partial charge is 0.456 e. The molecule has 0 aliphatic heterocycles. The summed E-state index contributed by atoms with van der Waals surface area (Å²) in [5.74, 6) is 0. The summed E-state index contributed by atoms with van der Waals surface area (Å²) in [5, 5.41) is 24.2. The standard InChI is InChI=1S/C44H24N2OS/c45-25-27-11-15-34-35-16-12-32(24-44(35)48-43(34)19-27)30-13-17-41-38(20-30)39-21-31(14-18-42(39)47-41)33-22-36(28-7-3-1-4-8-28)40(26-46)37(23-33)29-9-5-2-6-10-29/h1-24H. The van der Waals surface area contributed by atoms with E-state index in [0.717, 1.165) is 71.1 Å². The molecule has 0 fully saturated rings. The fourth-order valence-corrected chi connectivity index (χ4v) is 7.97. The van der Waals surface area contributed by atoms with E-state index in [1.165, 1.54) is 15.5 Å². The lowest BCUT2D eigenvalue weighted by Gasteiger charge is -2.14. The summed E-state index contributed by atoms with van der Waals surface area (Å²) in [6.45, 7) is 0. The van der Waals surface area contributed by atoms with Gasteiger partial charge in [-0.25, -0.2) is 0 Å². The molecule has 0 aliphatic rings. The molecule has 2 heterocycles. The Labute approximate surface area is 280 Å². The number of nitriles is 2. The molecule has 0 N–H and O–H groups in total. The number of thiophene rings is 1. The van der Waals surface area contributed by atoms with Crippen molar-refractivity contribution >= 4 is 53.4 Å². The third kappa shape index (κ3) is 4.56. The molecular formula is C44H24N2OS. The fraction of sp³-hybridized carbons (Fsp3) is 0. The van der Waals surface area contributed by atoms with Crippen molar-refractivity contribution in [1.29, 1.82) is 10.5 Å². The highest BCUT2D eigenvalue weighted by Gasteiger charge is 2.17. The summed E-state index contributed by atoms with van der Waals surface area (Å²) in [6, 6.07) is 54.6. The van der Waals surface area contributed by atoms with Gasteiger partial charge in [0.25, 0.3) is 0 Å². The lowest BCUT2D eigenvalue weighted by Crippen LogP contribution is -1.92. The normalized spacial score (nSPS) is 11.3. The van der Waals surface area contributed by atoms with Crippen LogP contribution >= 0.6 is 11.3 Å². The van der Waals surface area contributed by atoms with Gasteiger partial charge in [0.2, 0.25) is 0 Å². The van der Waals surface area contributed by atoms with Gasteiger partial charge in [-0.2, -0.15) is 10.5 Å². The lowest BCUT2D eigenvalue weighted by atomic mass is 9.88. The van der Waals surface area contributed by atoms with Crippen molar-refractivity contribution in [3.63, 3.8) is 0 Å². The molecule has 48 heavy (non-hydrogen) atoms. The van der Waals surface area contributed by atoms with Crippen LogP contribution in [0, 0.1) is 22.7 Å². The minimum atomic E-state index is 0.664. The van der Waals surface area contributed by atoms with Crippen molar-refractivity contribution in [3.05, 3.63) is 157 Å². The molecule has 0 radical (unpaired) electrons. The second-order valence-corrected chi connectivity index (χ2v) is 13.0. The average molecular weight is 629 g/mol. The molecule has 222 valence electrons. The number of fused-ring (bicyclic) bond motifs is 6. The van der Waals surface area contributed by atoms with E-state index in [0.29, 0.717) is 11.1 Å². The summed E-state index contributed by atoms with van der Waals surface area (Å²) in [7, 11) is 0. The van der Waals surface area contributed by atoms with Gasteiger partial charge in [0.15, 0.2) is 0 Å². The van der Waals surface area contributed by atoms with E-state index in [2.05, 4.69) is 97.1 Å². The molecule has 9 rings (SSSR count). The van der Waals surface area contributed by atoms with Crippen molar-refractivity contribution in [2.75, 3.05) is 0 Å². The summed E-state index contributed by atoms with van der Waals surface area (Å²) < 4.78 is 8.64. The highest BCUT2D eigenvalue weighted by molar-refractivity contribution is 7.25. The van der Waals surface area contributed by atoms with E-state index < -0.39 is 0 Å². The highest BCUT2D eigenvalue weighted by atomic mass is 32.1. The van der Waals surface area contributed by atoms with Gasteiger partial charge >= 0.3 is 0 Å². The van der Waals surface area contributed by atoms with Crippen LogP contribution in [0.2, 0.25) is 0 Å². The lowest BCUT2D eigenvalue weighted by molar-refractivity contribution is 0.669. The summed E-state index contributed by atoms with van der Waals surface area (Å²) >= 11 is 1.72. The highest BCUT2D eigenvalue weighted by Crippen LogP contribution is 2.41. The summed E-state index contributed by atoms with van der Waals surface area (Å²) in [4.78, 5) is 0. The van der Waals surface area contributed by atoms with Crippen LogP contribution in [-0.4, -0.2) is 0 Å². The predicted molar refractivity (Wildman–Crippen MR) is 198 cm³/mol. The predicted octanol–water partition coefficient (Wildman–Crippen LogP) is 12.4. The number of furan rings is 1. The smallest absolute Gasteiger partial charge is 0.135 e. The second kappa shape index (κ2) is 11.1. The van der Waals surface area contributed by atoms with Gasteiger partial charge < -0.3 is 4.42 Å². The first-order valence-corrected chi connectivity index (χ1v) is 16.5. The fourth-order valence-electron chi connectivity index (χ4n) is 6.78. The molecule has 9 aromatic rings. The monoisotopic (exact) mass is 628 g/mol. The molecule has 0 atom stereocenters. The third-order valence-corrected chi connectivity index (χ3v) is 10.3. The molecule has 4 heteroatoms. The van der Waals surface area contributed by atoms with Crippen LogP contribution in [0.15, 0.2) is 150 Å². The molecule has 7 aromatic carbocycles. The second-order valence-electron chi connectivity index (χ2n) is 11.9. The quantitative estimate of drug-likeness (QED) is 0.195. The molecule has 0 saturated heterocycles. The van der Waals surface area contributed by atoms with E-state index in [9.17, 15) is 10.5 Å². The maximum Gasteiger partial charge on any atom is 0.135 e. The van der Waals surface area contributed by atoms with Crippen molar-refractivity contribution in [2.24, 2.45) is 0 Å². The first kappa shape index (κ1) is 27.8. The van der Waals surface area contributed by atoms with Crippen LogP contribution in [0.25, 0.3) is 86.6 Å². The van der Waals surface area contributed by atoms with Crippen LogP contribution in [0.4, 0.5) is 0 Å². The minimum Gasteiger partial charge on any atom is -0.456 e. The van der Waals surface area contributed by atoms with E-state index in [1.54, 1.807) is 11.3 Å². The molecule has 0 saturated carbocycles. The van der Waals surface area contributed by atoms with E-state index in [1.807, 2.05) is 60.7 Å². The summed E-state index contributed by atoms with van der Waals surface area (Å²) in [6.07, 6.45) is 0. The Morgan fingerprint density at radius 1 is 0.417 bits per heavy atom. The van der Waals surface area contributed by atoms with Gasteiger partial charge in [-0.3, -0.25) is 0 Å². The van der Waals surface area contributed by atoms with Crippen LogP contribution in [0.1, 0.15) is 11.1 Å². The molecule has 3 nitrogen and oxygen atoms in total. The van der Waals surface area contributed by atoms with Gasteiger partial charge in [-0.1, -0.05) is 91.0 Å². The first-order valence-electron chi connectivity index (χ1n) is 15.7. The molecule has 0 spiro atoms. The van der Waals surface area contributed by atoms with Crippen molar-refractivity contribution < 1.29 is 4.42 Å². The van der Waals surface area contributed by atoms with E-state index in [4.69, 9.17) is 4.42 Å². The summed E-state index contributed by atoms with van der Waals surface area (Å²) in [5.41, 5.74) is 11.2. The van der Waals surface area contributed by atoms with Crippen molar-refractivity contribution in [2.45, 2.75) is 0 Å². The van der Waals surface area contributed by atoms with E-state index in [-0.39, 0.29) is 0 Å². The van der Waals surface area contributed by atoms with Gasteiger partial charge in [0, 0.05) is 42.1 Å². The Hall–Kier alpha value is -6.46. The topological polar surface area (TPSA) is 60.7 Å². The number of hydrogen-bond acceptors (Lipinski definition) is 4. The number of hydrogen-bond donors (Lipinski definition) is 0. The number of rotatable bonds is 4. The van der Waals surface area contributed by atoms with Crippen LogP contribution in [0.5, 0.6) is 0 Å². The molecule has 0 aliphatic carbocycles. The minimum absolute atomic E-state index is 0.664. The Morgan fingerprint density at radius 2 is 0.938 bits per heavy atom. The zero-order valence-corrected chi connectivity index (χ0v) is 26.4. The zero-order valence-electron chi connectivity index (χ0n) is 25.6. The van der Waals surface area contributed by atoms with Gasteiger partial charge in [-0.15, -0.1) is 11.3 Å².